The number of rotatable bonds is 5. The van der Waals surface area contributed by atoms with Crippen LogP contribution in [-0.2, 0) is 0 Å². The molecule has 1 rings (SSSR count). The van der Waals surface area contributed by atoms with E-state index in [0.29, 0.717) is 25.9 Å². The van der Waals surface area contributed by atoms with Gasteiger partial charge in [-0.1, -0.05) is 12.1 Å². The van der Waals surface area contributed by atoms with Gasteiger partial charge in [-0.3, -0.25) is 0 Å². The molecule has 1 aromatic carbocycles. The highest BCUT2D eigenvalue weighted by Crippen LogP contribution is 2.25. The number of nitrogens with zero attached hydrogens (tertiary/aromatic N) is 3. The third kappa shape index (κ3) is 3.56. The van der Waals surface area contributed by atoms with Gasteiger partial charge in [0.15, 0.2) is 0 Å². The molecule has 0 aromatic heterocycles. The van der Waals surface area contributed by atoms with Gasteiger partial charge in [-0.05, 0) is 28.1 Å². The van der Waals surface area contributed by atoms with Crippen LogP contribution in [0.5, 0.6) is 0 Å². The van der Waals surface area contributed by atoms with Gasteiger partial charge in [-0.2, -0.15) is 10.5 Å². The van der Waals surface area contributed by atoms with Crippen molar-refractivity contribution in [1.29, 1.82) is 10.5 Å². The summed E-state index contributed by atoms with van der Waals surface area (Å²) in [5.41, 5.74) is 1.04. The van der Waals surface area contributed by atoms with E-state index in [1.54, 1.807) is 0 Å². The third-order valence-electron chi connectivity index (χ3n) is 2.18. The molecule has 0 saturated carbocycles. The van der Waals surface area contributed by atoms with Crippen LogP contribution in [0.4, 0.5) is 5.69 Å². The monoisotopic (exact) mass is 277 g/mol. The molecule has 0 aliphatic heterocycles. The van der Waals surface area contributed by atoms with Crippen molar-refractivity contribution in [3.8, 4) is 12.1 Å². The number of anilines is 1. The fraction of sp³-hybridized carbons (Fsp3) is 0.333. The zero-order valence-electron chi connectivity index (χ0n) is 8.86. The lowest BCUT2D eigenvalue weighted by molar-refractivity contribution is 0.795. The predicted molar refractivity (Wildman–Crippen MR) is 66.8 cm³/mol. The van der Waals surface area contributed by atoms with E-state index in [1.165, 1.54) is 0 Å². The maximum atomic E-state index is 8.60. The second kappa shape index (κ2) is 6.87. The molecule has 0 N–H and O–H groups in total. The summed E-state index contributed by atoms with van der Waals surface area (Å²) in [7, 11) is 0. The summed E-state index contributed by atoms with van der Waals surface area (Å²) in [6, 6.07) is 12.1. The Morgan fingerprint density at radius 3 is 2.12 bits per heavy atom. The Balaban J connectivity index is 2.80. The van der Waals surface area contributed by atoms with Crippen LogP contribution >= 0.6 is 15.9 Å². The number of hydrogen-bond donors (Lipinski definition) is 0. The molecule has 82 valence electrons. The summed E-state index contributed by atoms with van der Waals surface area (Å²) in [5, 5.41) is 17.2. The molecule has 0 amide bonds. The standard InChI is InChI=1S/C12H12BrN3/c13-11-5-1-2-6-12(11)16(9-3-7-14)10-4-8-15/h1-2,5-6H,3-4,9-10H2. The van der Waals surface area contributed by atoms with Crippen molar-refractivity contribution in [3.05, 3.63) is 28.7 Å². The molecule has 0 bridgehead atoms. The Labute approximate surface area is 104 Å². The largest absolute Gasteiger partial charge is 0.369 e. The number of hydrogen-bond acceptors (Lipinski definition) is 3. The van der Waals surface area contributed by atoms with Crippen LogP contribution in [-0.4, -0.2) is 13.1 Å². The van der Waals surface area contributed by atoms with Crippen LogP contribution in [0.1, 0.15) is 12.8 Å². The van der Waals surface area contributed by atoms with E-state index in [2.05, 4.69) is 33.0 Å². The van der Waals surface area contributed by atoms with E-state index in [4.69, 9.17) is 10.5 Å². The summed E-state index contributed by atoms with van der Waals surface area (Å²) in [5.74, 6) is 0. The Morgan fingerprint density at radius 1 is 1.06 bits per heavy atom. The van der Waals surface area contributed by atoms with Crippen molar-refractivity contribution >= 4 is 21.6 Å². The lowest BCUT2D eigenvalue weighted by atomic mass is 10.2. The quantitative estimate of drug-likeness (QED) is 0.831. The van der Waals surface area contributed by atoms with Crippen LogP contribution in [0.15, 0.2) is 28.7 Å². The molecule has 0 unspecified atom stereocenters. The molecule has 0 saturated heterocycles. The molecule has 1 aromatic rings. The molecule has 4 heteroatoms. The fourth-order valence-electron chi connectivity index (χ4n) is 1.43. The third-order valence-corrected chi connectivity index (χ3v) is 2.85. The summed E-state index contributed by atoms with van der Waals surface area (Å²) < 4.78 is 0.992. The van der Waals surface area contributed by atoms with E-state index in [9.17, 15) is 0 Å². The number of halogens is 1. The van der Waals surface area contributed by atoms with Crippen LogP contribution in [0.25, 0.3) is 0 Å². The summed E-state index contributed by atoms with van der Waals surface area (Å²) in [4.78, 5) is 2.05. The lowest BCUT2D eigenvalue weighted by Gasteiger charge is -2.23. The van der Waals surface area contributed by atoms with Crippen LogP contribution < -0.4 is 4.90 Å². The Morgan fingerprint density at radius 2 is 1.62 bits per heavy atom. The molecular weight excluding hydrogens is 266 g/mol. The van der Waals surface area contributed by atoms with Gasteiger partial charge in [-0.15, -0.1) is 0 Å². The Hall–Kier alpha value is -1.52. The zero-order valence-corrected chi connectivity index (χ0v) is 10.4. The van der Waals surface area contributed by atoms with Gasteiger partial charge in [0.2, 0.25) is 0 Å². The number of para-hydroxylation sites is 1. The molecule has 0 radical (unpaired) electrons. The van der Waals surface area contributed by atoms with Crippen molar-refractivity contribution in [2.24, 2.45) is 0 Å². The van der Waals surface area contributed by atoms with E-state index < -0.39 is 0 Å². The summed E-state index contributed by atoms with van der Waals surface area (Å²) in [6.07, 6.45) is 0.930. The van der Waals surface area contributed by atoms with Crippen molar-refractivity contribution < 1.29 is 0 Å². The predicted octanol–water partition coefficient (Wildman–Crippen LogP) is 3.08. The first-order chi connectivity index (χ1) is 7.79. The van der Waals surface area contributed by atoms with E-state index >= 15 is 0 Å². The molecule has 0 spiro atoms. The maximum absolute atomic E-state index is 8.60. The zero-order chi connectivity index (χ0) is 11.8. The minimum Gasteiger partial charge on any atom is -0.369 e. The van der Waals surface area contributed by atoms with Gasteiger partial charge in [-0.25, -0.2) is 0 Å². The van der Waals surface area contributed by atoms with Crippen molar-refractivity contribution in [3.63, 3.8) is 0 Å². The first-order valence-electron chi connectivity index (χ1n) is 5.03. The number of nitriles is 2. The van der Waals surface area contributed by atoms with Gasteiger partial charge < -0.3 is 4.90 Å². The molecule has 3 nitrogen and oxygen atoms in total. The molecular formula is C12H12BrN3. The van der Waals surface area contributed by atoms with Crippen LogP contribution in [0, 0.1) is 22.7 Å². The molecule has 0 heterocycles. The number of benzene rings is 1. The van der Waals surface area contributed by atoms with Crippen LogP contribution in [0.2, 0.25) is 0 Å². The minimum atomic E-state index is 0.465. The Kier molecular flexibility index (Phi) is 5.39. The second-order valence-corrected chi connectivity index (χ2v) is 4.11. The highest BCUT2D eigenvalue weighted by molar-refractivity contribution is 9.10. The van der Waals surface area contributed by atoms with Crippen molar-refractivity contribution in [1.82, 2.24) is 0 Å². The first kappa shape index (κ1) is 12.5. The van der Waals surface area contributed by atoms with Gasteiger partial charge in [0.25, 0.3) is 0 Å². The minimum absolute atomic E-state index is 0.465. The smallest absolute Gasteiger partial charge is 0.0640 e. The van der Waals surface area contributed by atoms with E-state index in [1.807, 2.05) is 24.3 Å². The highest BCUT2D eigenvalue weighted by atomic mass is 79.9. The van der Waals surface area contributed by atoms with E-state index in [-0.39, 0.29) is 0 Å². The lowest BCUT2D eigenvalue weighted by Crippen LogP contribution is -2.25. The molecule has 16 heavy (non-hydrogen) atoms. The van der Waals surface area contributed by atoms with Gasteiger partial charge in [0.05, 0.1) is 30.7 Å². The summed E-state index contributed by atoms with van der Waals surface area (Å²) in [6.45, 7) is 1.31. The molecule has 0 aliphatic carbocycles. The molecule has 0 atom stereocenters. The molecule has 0 aliphatic rings. The van der Waals surface area contributed by atoms with Gasteiger partial charge >= 0.3 is 0 Å². The fourth-order valence-corrected chi connectivity index (χ4v) is 1.97. The van der Waals surface area contributed by atoms with Gasteiger partial charge in [0.1, 0.15) is 0 Å². The normalized spacial score (nSPS) is 9.19. The van der Waals surface area contributed by atoms with Gasteiger partial charge in [0, 0.05) is 17.6 Å². The molecule has 0 fully saturated rings. The average Bonchev–Trinajstić information content (AvgIpc) is 2.31. The average molecular weight is 278 g/mol. The SMILES string of the molecule is N#CCCN(CCC#N)c1ccccc1Br. The first-order valence-corrected chi connectivity index (χ1v) is 5.82. The second-order valence-electron chi connectivity index (χ2n) is 3.25. The van der Waals surface area contributed by atoms with Crippen LogP contribution in [0.3, 0.4) is 0 Å². The topological polar surface area (TPSA) is 50.8 Å². The Bertz CT molecular complexity index is 399. The van der Waals surface area contributed by atoms with E-state index in [0.717, 1.165) is 10.2 Å². The highest BCUT2D eigenvalue weighted by Gasteiger charge is 2.08. The maximum Gasteiger partial charge on any atom is 0.0640 e. The van der Waals surface area contributed by atoms with Crippen molar-refractivity contribution in [2.75, 3.05) is 18.0 Å². The van der Waals surface area contributed by atoms with Crippen molar-refractivity contribution in [2.45, 2.75) is 12.8 Å². The summed E-state index contributed by atoms with van der Waals surface area (Å²) >= 11 is 3.47.